The molecule has 1 N–H and O–H groups in total. The first-order valence-electron chi connectivity index (χ1n) is 15.0. The molecule has 226 valence electrons. The monoisotopic (exact) mass is 589 g/mol. The SMILES string of the molecule is C#Cc1cccc(C2C(C(=O)OC)=C(C)NC(C)=C2C(=O)OCCN2CCN(C(c3ccccc3)c3ccccc3)CC2)c1. The molecule has 1 fully saturated rings. The van der Waals surface area contributed by atoms with Crippen LogP contribution >= 0.6 is 0 Å². The summed E-state index contributed by atoms with van der Waals surface area (Å²) < 4.78 is 11.0. The second kappa shape index (κ2) is 14.2. The van der Waals surface area contributed by atoms with Crippen LogP contribution in [0.2, 0.25) is 0 Å². The molecule has 2 aliphatic rings. The number of esters is 2. The van der Waals surface area contributed by atoms with Crippen molar-refractivity contribution in [2.24, 2.45) is 0 Å². The fraction of sp³-hybridized carbons (Fsp3) is 0.297. The molecule has 7 nitrogen and oxygen atoms in total. The van der Waals surface area contributed by atoms with Gasteiger partial charge in [-0.1, -0.05) is 78.7 Å². The highest BCUT2D eigenvalue weighted by Gasteiger charge is 2.38. The molecule has 0 saturated carbocycles. The molecule has 1 saturated heterocycles. The Bertz CT molecular complexity index is 1540. The third-order valence-electron chi connectivity index (χ3n) is 8.42. The van der Waals surface area contributed by atoms with Gasteiger partial charge in [0.15, 0.2) is 0 Å². The number of carbonyl (C=O) groups excluding carboxylic acids is 2. The Morgan fingerprint density at radius 1 is 0.864 bits per heavy atom. The van der Waals surface area contributed by atoms with Crippen LogP contribution in [0.4, 0.5) is 0 Å². The number of ether oxygens (including phenoxy) is 2. The van der Waals surface area contributed by atoms with E-state index in [-0.39, 0.29) is 12.6 Å². The highest BCUT2D eigenvalue weighted by Crippen LogP contribution is 2.39. The third kappa shape index (κ3) is 6.78. The molecule has 3 aromatic carbocycles. The van der Waals surface area contributed by atoms with E-state index in [1.807, 2.05) is 31.2 Å². The molecule has 0 aromatic heterocycles. The lowest BCUT2D eigenvalue weighted by Gasteiger charge is -2.39. The molecule has 1 unspecified atom stereocenters. The Morgan fingerprint density at radius 3 is 2.02 bits per heavy atom. The Labute approximate surface area is 260 Å². The zero-order valence-corrected chi connectivity index (χ0v) is 25.6. The van der Waals surface area contributed by atoms with Gasteiger partial charge < -0.3 is 14.8 Å². The maximum atomic E-state index is 13.6. The lowest BCUT2D eigenvalue weighted by molar-refractivity contribution is -0.140. The predicted molar refractivity (Wildman–Crippen MR) is 171 cm³/mol. The van der Waals surface area contributed by atoms with Gasteiger partial charge in [-0.15, -0.1) is 6.42 Å². The van der Waals surface area contributed by atoms with Crippen molar-refractivity contribution in [1.29, 1.82) is 0 Å². The van der Waals surface area contributed by atoms with E-state index < -0.39 is 17.9 Å². The van der Waals surface area contributed by atoms with Crippen LogP contribution < -0.4 is 5.32 Å². The van der Waals surface area contributed by atoms with Gasteiger partial charge in [-0.2, -0.15) is 0 Å². The number of rotatable bonds is 9. The van der Waals surface area contributed by atoms with Crippen LogP contribution in [0.15, 0.2) is 107 Å². The number of carbonyl (C=O) groups is 2. The minimum absolute atomic E-state index is 0.191. The van der Waals surface area contributed by atoms with Crippen molar-refractivity contribution in [3.05, 3.63) is 130 Å². The van der Waals surface area contributed by atoms with Crippen molar-refractivity contribution >= 4 is 11.9 Å². The van der Waals surface area contributed by atoms with Gasteiger partial charge >= 0.3 is 11.9 Å². The first kappa shape index (κ1) is 30.8. The molecule has 0 spiro atoms. The zero-order chi connectivity index (χ0) is 31.1. The summed E-state index contributed by atoms with van der Waals surface area (Å²) in [4.78, 5) is 31.4. The first-order valence-corrected chi connectivity index (χ1v) is 15.0. The Hall–Kier alpha value is -4.64. The normalized spacial score (nSPS) is 17.7. The summed E-state index contributed by atoms with van der Waals surface area (Å²) in [7, 11) is 1.34. The third-order valence-corrected chi connectivity index (χ3v) is 8.42. The van der Waals surface area contributed by atoms with E-state index in [2.05, 4.69) is 81.7 Å². The van der Waals surface area contributed by atoms with Gasteiger partial charge in [-0.05, 0) is 42.7 Å². The summed E-state index contributed by atoms with van der Waals surface area (Å²) in [5, 5.41) is 3.19. The van der Waals surface area contributed by atoms with E-state index in [1.165, 1.54) is 18.2 Å². The van der Waals surface area contributed by atoms with Crippen molar-refractivity contribution in [2.75, 3.05) is 46.4 Å². The first-order chi connectivity index (χ1) is 21.4. The molecule has 0 bridgehead atoms. The Morgan fingerprint density at radius 2 is 1.45 bits per heavy atom. The van der Waals surface area contributed by atoms with Crippen LogP contribution in [0.5, 0.6) is 0 Å². The number of terminal acetylenes is 1. The van der Waals surface area contributed by atoms with Gasteiger partial charge in [0.2, 0.25) is 0 Å². The van der Waals surface area contributed by atoms with Gasteiger partial charge in [0.05, 0.1) is 30.2 Å². The zero-order valence-electron chi connectivity index (χ0n) is 25.6. The fourth-order valence-electron chi connectivity index (χ4n) is 6.26. The van der Waals surface area contributed by atoms with Crippen LogP contribution in [0.3, 0.4) is 0 Å². The van der Waals surface area contributed by atoms with E-state index in [4.69, 9.17) is 15.9 Å². The topological polar surface area (TPSA) is 71.1 Å². The van der Waals surface area contributed by atoms with E-state index in [0.29, 0.717) is 34.6 Å². The second-order valence-electron chi connectivity index (χ2n) is 11.1. The largest absolute Gasteiger partial charge is 0.466 e. The number of nitrogens with one attached hydrogen (secondary N) is 1. The van der Waals surface area contributed by atoms with Crippen LogP contribution in [0, 0.1) is 12.3 Å². The van der Waals surface area contributed by atoms with Crippen molar-refractivity contribution in [3.8, 4) is 12.3 Å². The van der Waals surface area contributed by atoms with Gasteiger partial charge in [-0.3, -0.25) is 9.80 Å². The molecule has 1 atom stereocenters. The van der Waals surface area contributed by atoms with Crippen LogP contribution in [-0.4, -0.2) is 68.2 Å². The van der Waals surface area contributed by atoms with Crippen molar-refractivity contribution in [3.63, 3.8) is 0 Å². The molecule has 5 rings (SSSR count). The van der Waals surface area contributed by atoms with E-state index in [9.17, 15) is 9.59 Å². The van der Waals surface area contributed by atoms with Gasteiger partial charge in [0.25, 0.3) is 0 Å². The molecule has 3 aromatic rings. The van der Waals surface area contributed by atoms with E-state index in [0.717, 1.165) is 31.7 Å². The Balaban J connectivity index is 1.25. The molecule has 2 heterocycles. The molecule has 0 aliphatic carbocycles. The summed E-state index contributed by atoms with van der Waals surface area (Å²) in [5.41, 5.74) is 5.96. The number of piperazine rings is 1. The number of hydrogen-bond acceptors (Lipinski definition) is 7. The highest BCUT2D eigenvalue weighted by atomic mass is 16.5. The van der Waals surface area contributed by atoms with Crippen molar-refractivity contribution in [2.45, 2.75) is 25.8 Å². The minimum Gasteiger partial charge on any atom is -0.466 e. The summed E-state index contributed by atoms with van der Waals surface area (Å²) >= 11 is 0. The maximum Gasteiger partial charge on any atom is 0.336 e. The smallest absolute Gasteiger partial charge is 0.336 e. The van der Waals surface area contributed by atoms with Crippen LogP contribution in [0.25, 0.3) is 0 Å². The predicted octanol–water partition coefficient (Wildman–Crippen LogP) is 5.03. The molecule has 0 radical (unpaired) electrons. The van der Waals surface area contributed by atoms with Crippen LogP contribution in [0.1, 0.15) is 48.1 Å². The lowest BCUT2D eigenvalue weighted by Crippen LogP contribution is -2.48. The summed E-state index contributed by atoms with van der Waals surface area (Å²) in [6, 6.07) is 28.8. The van der Waals surface area contributed by atoms with E-state index >= 15 is 0 Å². The standard InChI is InChI=1S/C37H39N3O4/c1-5-28-13-12-18-31(25-28)34-32(36(41)43-4)26(2)38-27(3)33(34)37(42)44-24-23-39-19-21-40(22-20-39)35(29-14-8-6-9-15-29)30-16-10-7-11-17-30/h1,6-18,25,34-35,38H,19-24H2,2-4H3. The molecular weight excluding hydrogens is 550 g/mol. The summed E-state index contributed by atoms with van der Waals surface area (Å²) in [6.07, 6.45) is 5.66. The van der Waals surface area contributed by atoms with Crippen LogP contribution in [-0.2, 0) is 19.1 Å². The summed E-state index contributed by atoms with van der Waals surface area (Å²) in [6.45, 7) is 8.02. The van der Waals surface area contributed by atoms with Gasteiger partial charge in [-0.25, -0.2) is 9.59 Å². The van der Waals surface area contributed by atoms with E-state index in [1.54, 1.807) is 6.92 Å². The fourth-order valence-corrected chi connectivity index (χ4v) is 6.26. The molecular formula is C37H39N3O4. The molecule has 44 heavy (non-hydrogen) atoms. The van der Waals surface area contributed by atoms with Crippen molar-refractivity contribution in [1.82, 2.24) is 15.1 Å². The summed E-state index contributed by atoms with van der Waals surface area (Å²) in [5.74, 6) is 1.00. The number of methoxy groups -OCH3 is 1. The van der Waals surface area contributed by atoms with Gasteiger partial charge in [0.1, 0.15) is 6.61 Å². The molecule has 7 heteroatoms. The maximum absolute atomic E-state index is 13.6. The Kier molecular flexibility index (Phi) is 9.96. The number of allylic oxidation sites excluding steroid dienone is 2. The van der Waals surface area contributed by atoms with Gasteiger partial charge in [0, 0.05) is 49.7 Å². The molecule has 0 amide bonds. The van der Waals surface area contributed by atoms with Crippen molar-refractivity contribution < 1.29 is 19.1 Å². The molecule has 2 aliphatic heterocycles. The highest BCUT2D eigenvalue weighted by molar-refractivity contribution is 5.99. The number of benzene rings is 3. The second-order valence-corrected chi connectivity index (χ2v) is 11.1. The number of hydrogen-bond donors (Lipinski definition) is 1. The number of nitrogens with zero attached hydrogens (tertiary/aromatic N) is 2. The number of dihydropyridines is 1. The average molecular weight is 590 g/mol. The average Bonchev–Trinajstić information content (AvgIpc) is 3.06. The lowest BCUT2D eigenvalue weighted by atomic mass is 9.80. The quantitative estimate of drug-likeness (QED) is 0.278. The minimum atomic E-state index is -0.666.